The zero-order valence-electron chi connectivity index (χ0n) is 9.01. The van der Waals surface area contributed by atoms with Gasteiger partial charge >= 0.3 is 0 Å². The van der Waals surface area contributed by atoms with Crippen molar-refractivity contribution in [1.29, 1.82) is 0 Å². The van der Waals surface area contributed by atoms with Crippen LogP contribution in [0.2, 0.25) is 0 Å². The van der Waals surface area contributed by atoms with Gasteiger partial charge in [-0.05, 0) is 29.3 Å². The third kappa shape index (κ3) is 2.61. The normalized spacial score (nSPS) is 12.5. The Morgan fingerprint density at radius 2 is 1.82 bits per heavy atom. The fraction of sp³-hybridized carbons (Fsp3) is 0.167. The van der Waals surface area contributed by atoms with Crippen molar-refractivity contribution in [3.8, 4) is 0 Å². The monoisotopic (exact) mass is 257 g/mol. The lowest BCUT2D eigenvalue weighted by molar-refractivity contribution is 0.495. The van der Waals surface area contributed by atoms with Crippen LogP contribution in [0.3, 0.4) is 0 Å². The van der Waals surface area contributed by atoms with Gasteiger partial charge in [-0.2, -0.15) is 11.3 Å². The molecule has 0 saturated heterocycles. The van der Waals surface area contributed by atoms with Crippen LogP contribution in [0.5, 0.6) is 0 Å². The van der Waals surface area contributed by atoms with E-state index in [4.69, 9.17) is 0 Å². The lowest BCUT2D eigenvalue weighted by Crippen LogP contribution is -2.07. The maximum atomic E-state index is 13.4. The van der Waals surface area contributed by atoms with Crippen LogP contribution in [0.1, 0.15) is 18.5 Å². The van der Waals surface area contributed by atoms with Gasteiger partial charge in [0.1, 0.15) is 5.82 Å². The van der Waals surface area contributed by atoms with E-state index < -0.39 is 17.5 Å². The van der Waals surface area contributed by atoms with Crippen LogP contribution in [-0.4, -0.2) is 0 Å². The van der Waals surface area contributed by atoms with E-state index in [0.29, 0.717) is 6.07 Å². The van der Waals surface area contributed by atoms with Gasteiger partial charge in [0.25, 0.3) is 0 Å². The Morgan fingerprint density at radius 1 is 1.12 bits per heavy atom. The van der Waals surface area contributed by atoms with Gasteiger partial charge in [-0.3, -0.25) is 0 Å². The fourth-order valence-electron chi connectivity index (χ4n) is 1.47. The first-order chi connectivity index (χ1) is 8.08. The maximum Gasteiger partial charge on any atom is 0.161 e. The second-order valence-corrected chi connectivity index (χ2v) is 4.45. The van der Waals surface area contributed by atoms with E-state index in [1.165, 1.54) is 11.3 Å². The van der Waals surface area contributed by atoms with E-state index in [2.05, 4.69) is 5.32 Å². The van der Waals surface area contributed by atoms with Crippen molar-refractivity contribution >= 4 is 17.0 Å². The van der Waals surface area contributed by atoms with E-state index in [9.17, 15) is 13.2 Å². The molecule has 5 heteroatoms. The summed E-state index contributed by atoms with van der Waals surface area (Å²) in [5.74, 6) is -3.05. The summed E-state index contributed by atoms with van der Waals surface area (Å²) in [6.45, 7) is 1.82. The van der Waals surface area contributed by atoms with Crippen LogP contribution in [0.4, 0.5) is 18.9 Å². The van der Waals surface area contributed by atoms with Crippen molar-refractivity contribution in [3.63, 3.8) is 0 Å². The van der Waals surface area contributed by atoms with E-state index in [1.54, 1.807) is 0 Å². The largest absolute Gasteiger partial charge is 0.376 e. The van der Waals surface area contributed by atoms with Crippen molar-refractivity contribution in [1.82, 2.24) is 0 Å². The topological polar surface area (TPSA) is 12.0 Å². The lowest BCUT2D eigenvalue weighted by Gasteiger charge is -2.14. The van der Waals surface area contributed by atoms with E-state index in [-0.39, 0.29) is 11.7 Å². The van der Waals surface area contributed by atoms with Gasteiger partial charge in [0, 0.05) is 18.2 Å². The lowest BCUT2D eigenvalue weighted by atomic mass is 10.1. The number of hydrogen-bond acceptors (Lipinski definition) is 2. The third-order valence-corrected chi connectivity index (χ3v) is 3.13. The molecular weight excluding hydrogens is 247 g/mol. The molecule has 17 heavy (non-hydrogen) atoms. The molecule has 1 unspecified atom stereocenters. The highest BCUT2D eigenvalue weighted by Crippen LogP contribution is 2.24. The van der Waals surface area contributed by atoms with Crippen LogP contribution < -0.4 is 5.32 Å². The zero-order chi connectivity index (χ0) is 12.4. The molecule has 0 saturated carbocycles. The molecule has 2 rings (SSSR count). The first-order valence-electron chi connectivity index (χ1n) is 5.01. The number of benzene rings is 1. The molecule has 0 spiro atoms. The van der Waals surface area contributed by atoms with Gasteiger partial charge in [-0.1, -0.05) is 0 Å². The summed E-state index contributed by atoms with van der Waals surface area (Å²) in [6, 6.07) is 3.09. The van der Waals surface area contributed by atoms with E-state index in [0.717, 1.165) is 11.6 Å². The van der Waals surface area contributed by atoms with Gasteiger partial charge in [-0.25, -0.2) is 13.2 Å². The Bertz CT molecular complexity index is 511. The number of halogens is 3. The molecule has 0 radical (unpaired) electrons. The number of thiophene rings is 1. The quantitative estimate of drug-likeness (QED) is 0.806. The van der Waals surface area contributed by atoms with Crippen molar-refractivity contribution < 1.29 is 13.2 Å². The molecule has 1 atom stereocenters. The van der Waals surface area contributed by atoms with Crippen LogP contribution >= 0.6 is 11.3 Å². The Morgan fingerprint density at radius 3 is 2.47 bits per heavy atom. The van der Waals surface area contributed by atoms with Gasteiger partial charge in [0.15, 0.2) is 11.6 Å². The van der Waals surface area contributed by atoms with Gasteiger partial charge in [0.05, 0.1) is 5.69 Å². The molecule has 0 fully saturated rings. The van der Waals surface area contributed by atoms with Crippen LogP contribution in [0.15, 0.2) is 29.0 Å². The zero-order valence-corrected chi connectivity index (χ0v) is 9.82. The second-order valence-electron chi connectivity index (χ2n) is 3.67. The van der Waals surface area contributed by atoms with Crippen molar-refractivity contribution in [2.45, 2.75) is 13.0 Å². The standard InChI is InChI=1S/C12H10F3NS/c1-7(8-2-3-17-6-8)16-12-5-10(14)9(13)4-11(12)15/h2-7,16H,1H3. The van der Waals surface area contributed by atoms with Gasteiger partial charge in [-0.15, -0.1) is 0 Å². The maximum absolute atomic E-state index is 13.4. The molecule has 90 valence electrons. The third-order valence-electron chi connectivity index (χ3n) is 2.43. The highest BCUT2D eigenvalue weighted by molar-refractivity contribution is 7.07. The van der Waals surface area contributed by atoms with Crippen molar-refractivity contribution in [2.75, 3.05) is 5.32 Å². The summed E-state index contributed by atoms with van der Waals surface area (Å²) in [4.78, 5) is 0. The molecular formula is C12H10F3NS. The molecule has 1 heterocycles. The minimum Gasteiger partial charge on any atom is -0.376 e. The predicted molar refractivity (Wildman–Crippen MR) is 62.7 cm³/mol. The summed E-state index contributed by atoms with van der Waals surface area (Å²) >= 11 is 1.52. The minimum absolute atomic E-state index is 0.0393. The average Bonchev–Trinajstić information content (AvgIpc) is 2.79. The van der Waals surface area contributed by atoms with Gasteiger partial charge in [0.2, 0.25) is 0 Å². The number of anilines is 1. The fourth-order valence-corrected chi connectivity index (χ4v) is 2.23. The summed E-state index contributed by atoms with van der Waals surface area (Å²) in [7, 11) is 0. The van der Waals surface area contributed by atoms with Crippen molar-refractivity contribution in [3.05, 3.63) is 52.0 Å². The molecule has 0 amide bonds. The summed E-state index contributed by atoms with van der Waals surface area (Å²) in [5.41, 5.74) is 0.932. The number of rotatable bonds is 3. The van der Waals surface area contributed by atoms with Gasteiger partial charge < -0.3 is 5.32 Å². The second kappa shape index (κ2) is 4.79. The number of hydrogen-bond donors (Lipinski definition) is 1. The Kier molecular flexibility index (Phi) is 3.38. The molecule has 1 N–H and O–H groups in total. The van der Waals surface area contributed by atoms with Crippen LogP contribution in [0.25, 0.3) is 0 Å². The molecule has 0 aliphatic rings. The first-order valence-corrected chi connectivity index (χ1v) is 5.95. The highest BCUT2D eigenvalue weighted by atomic mass is 32.1. The molecule has 1 nitrogen and oxygen atoms in total. The Balaban J connectivity index is 2.22. The summed E-state index contributed by atoms with van der Waals surface area (Å²) in [5, 5.41) is 6.62. The summed E-state index contributed by atoms with van der Waals surface area (Å²) in [6.07, 6.45) is 0. The van der Waals surface area contributed by atoms with Crippen LogP contribution in [0, 0.1) is 17.5 Å². The SMILES string of the molecule is CC(Nc1cc(F)c(F)cc1F)c1ccsc1. The van der Waals surface area contributed by atoms with E-state index >= 15 is 0 Å². The molecule has 2 aromatic rings. The molecule has 1 aromatic carbocycles. The summed E-state index contributed by atoms with van der Waals surface area (Å²) < 4.78 is 39.1. The molecule has 0 aliphatic carbocycles. The minimum atomic E-state index is -1.18. The van der Waals surface area contributed by atoms with E-state index in [1.807, 2.05) is 23.8 Å². The highest BCUT2D eigenvalue weighted by Gasteiger charge is 2.12. The first kappa shape index (κ1) is 12.0. The Labute approximate surface area is 101 Å². The molecule has 0 bridgehead atoms. The Hall–Kier alpha value is -1.49. The number of nitrogens with one attached hydrogen (secondary N) is 1. The predicted octanol–water partition coefficient (Wildman–Crippen LogP) is 4.34. The average molecular weight is 257 g/mol. The molecule has 1 aromatic heterocycles. The molecule has 0 aliphatic heterocycles. The van der Waals surface area contributed by atoms with Crippen molar-refractivity contribution in [2.24, 2.45) is 0 Å². The smallest absolute Gasteiger partial charge is 0.161 e. The van der Waals surface area contributed by atoms with Crippen LogP contribution in [-0.2, 0) is 0 Å².